The van der Waals surface area contributed by atoms with Crippen LogP contribution in [0.3, 0.4) is 0 Å². The molecule has 146 valence electrons. The van der Waals surface area contributed by atoms with Crippen LogP contribution in [0.15, 0.2) is 48.5 Å². The number of carbonyl (C=O) groups is 4. The number of hydrogen-bond donors (Lipinski definition) is 2. The largest absolute Gasteiger partial charge is 0.482 e. The van der Waals surface area contributed by atoms with Crippen LogP contribution < -0.4 is 15.4 Å². The molecule has 0 fully saturated rings. The summed E-state index contributed by atoms with van der Waals surface area (Å²) in [6, 6.07) is 12.7. The molecule has 1 atom stereocenters. The van der Waals surface area contributed by atoms with Gasteiger partial charge in [-0.15, -0.1) is 0 Å². The summed E-state index contributed by atoms with van der Waals surface area (Å²) in [5.74, 6) is -1.00. The molecule has 0 aliphatic rings. The summed E-state index contributed by atoms with van der Waals surface area (Å²) in [7, 11) is 0. The quantitative estimate of drug-likeness (QED) is 0.534. The van der Waals surface area contributed by atoms with E-state index < -0.39 is 18.0 Å². The molecule has 0 unspecified atom stereocenters. The topological polar surface area (TPSA) is 111 Å². The summed E-state index contributed by atoms with van der Waals surface area (Å²) in [6.07, 6.45) is -0.324. The predicted octanol–water partition coefficient (Wildman–Crippen LogP) is 2.41. The molecule has 0 aliphatic heterocycles. The summed E-state index contributed by atoms with van der Waals surface area (Å²) in [5.41, 5.74) is 1.59. The van der Waals surface area contributed by atoms with Gasteiger partial charge in [0.1, 0.15) is 12.0 Å². The SMILES string of the molecule is CC(=O)Nc1ccc(NC(=O)[C@H](C)OC(=O)COc2ccc(C=O)cc2)cc1. The van der Waals surface area contributed by atoms with Gasteiger partial charge in [-0.1, -0.05) is 0 Å². The maximum atomic E-state index is 12.1. The van der Waals surface area contributed by atoms with Gasteiger partial charge in [0.15, 0.2) is 12.7 Å². The van der Waals surface area contributed by atoms with Gasteiger partial charge in [0, 0.05) is 23.9 Å². The Balaban J connectivity index is 1.79. The number of carbonyl (C=O) groups excluding carboxylic acids is 4. The average molecular weight is 384 g/mol. The minimum atomic E-state index is -1.02. The molecule has 2 N–H and O–H groups in total. The molecule has 2 rings (SSSR count). The smallest absolute Gasteiger partial charge is 0.344 e. The van der Waals surface area contributed by atoms with E-state index in [1.54, 1.807) is 48.5 Å². The van der Waals surface area contributed by atoms with Crippen molar-refractivity contribution in [3.8, 4) is 5.75 Å². The van der Waals surface area contributed by atoms with Crippen molar-refractivity contribution in [2.75, 3.05) is 17.2 Å². The lowest BCUT2D eigenvalue weighted by atomic mass is 10.2. The van der Waals surface area contributed by atoms with Crippen LogP contribution in [0.4, 0.5) is 11.4 Å². The lowest BCUT2D eigenvalue weighted by Crippen LogP contribution is -2.31. The van der Waals surface area contributed by atoms with Crippen LogP contribution in [0.2, 0.25) is 0 Å². The van der Waals surface area contributed by atoms with Crippen molar-refractivity contribution in [3.63, 3.8) is 0 Å². The van der Waals surface area contributed by atoms with Crippen LogP contribution in [0, 0.1) is 0 Å². The lowest BCUT2D eigenvalue weighted by Gasteiger charge is -2.14. The Labute approximate surface area is 161 Å². The van der Waals surface area contributed by atoms with E-state index in [9.17, 15) is 19.2 Å². The molecule has 0 heterocycles. The molecule has 8 nitrogen and oxygen atoms in total. The first kappa shape index (κ1) is 20.6. The molecule has 2 aromatic rings. The monoisotopic (exact) mass is 384 g/mol. The van der Waals surface area contributed by atoms with E-state index in [0.29, 0.717) is 29.0 Å². The minimum Gasteiger partial charge on any atom is -0.482 e. The highest BCUT2D eigenvalue weighted by Gasteiger charge is 2.18. The van der Waals surface area contributed by atoms with Crippen LogP contribution >= 0.6 is 0 Å². The second-order valence-electron chi connectivity index (χ2n) is 5.86. The fraction of sp³-hybridized carbons (Fsp3) is 0.200. The molecule has 2 aromatic carbocycles. The van der Waals surface area contributed by atoms with Crippen molar-refractivity contribution in [1.82, 2.24) is 0 Å². The number of rotatable bonds is 8. The Bertz CT molecular complexity index is 846. The van der Waals surface area contributed by atoms with Gasteiger partial charge in [-0.2, -0.15) is 0 Å². The Morgan fingerprint density at radius 3 is 2.07 bits per heavy atom. The molecule has 0 radical (unpaired) electrons. The van der Waals surface area contributed by atoms with Crippen molar-refractivity contribution in [2.45, 2.75) is 20.0 Å². The fourth-order valence-corrected chi connectivity index (χ4v) is 2.15. The highest BCUT2D eigenvalue weighted by atomic mass is 16.6. The van der Waals surface area contributed by atoms with Crippen LogP contribution in [-0.2, 0) is 19.1 Å². The summed E-state index contributed by atoms with van der Waals surface area (Å²) >= 11 is 0. The first-order valence-electron chi connectivity index (χ1n) is 8.43. The van der Waals surface area contributed by atoms with Crippen molar-refractivity contribution in [2.24, 2.45) is 0 Å². The van der Waals surface area contributed by atoms with Gasteiger partial charge in [0.05, 0.1) is 0 Å². The minimum absolute atomic E-state index is 0.195. The van der Waals surface area contributed by atoms with Gasteiger partial charge in [-0.3, -0.25) is 14.4 Å². The molecule has 8 heteroatoms. The van der Waals surface area contributed by atoms with E-state index in [4.69, 9.17) is 9.47 Å². The number of amides is 2. The third-order valence-corrected chi connectivity index (χ3v) is 3.52. The Morgan fingerprint density at radius 2 is 1.54 bits per heavy atom. The average Bonchev–Trinajstić information content (AvgIpc) is 2.67. The number of benzene rings is 2. The molecule has 0 saturated heterocycles. The highest BCUT2D eigenvalue weighted by Crippen LogP contribution is 2.14. The number of anilines is 2. The molecule has 0 spiro atoms. The first-order chi connectivity index (χ1) is 13.4. The van der Waals surface area contributed by atoms with Crippen molar-refractivity contribution in [1.29, 1.82) is 0 Å². The number of ether oxygens (including phenoxy) is 2. The second kappa shape index (κ2) is 9.86. The Morgan fingerprint density at radius 1 is 0.964 bits per heavy atom. The van der Waals surface area contributed by atoms with Crippen molar-refractivity contribution in [3.05, 3.63) is 54.1 Å². The van der Waals surface area contributed by atoms with Gasteiger partial charge in [0.2, 0.25) is 5.91 Å². The fourth-order valence-electron chi connectivity index (χ4n) is 2.15. The molecular weight excluding hydrogens is 364 g/mol. The zero-order valence-electron chi connectivity index (χ0n) is 15.4. The van der Waals surface area contributed by atoms with E-state index >= 15 is 0 Å². The second-order valence-corrected chi connectivity index (χ2v) is 5.86. The lowest BCUT2D eigenvalue weighted by molar-refractivity contribution is -0.155. The van der Waals surface area contributed by atoms with E-state index in [1.165, 1.54) is 13.8 Å². The summed E-state index contributed by atoms with van der Waals surface area (Å²) in [6.45, 7) is 2.47. The number of aldehydes is 1. The summed E-state index contributed by atoms with van der Waals surface area (Å²) < 4.78 is 10.3. The van der Waals surface area contributed by atoms with Crippen molar-refractivity contribution < 1.29 is 28.7 Å². The molecule has 0 aromatic heterocycles. The molecule has 2 amide bonds. The zero-order chi connectivity index (χ0) is 20.5. The van der Waals surface area contributed by atoms with Crippen LogP contribution in [0.25, 0.3) is 0 Å². The van der Waals surface area contributed by atoms with E-state index in [2.05, 4.69) is 10.6 Å². The van der Waals surface area contributed by atoms with Crippen LogP contribution in [0.1, 0.15) is 24.2 Å². The number of nitrogens with one attached hydrogen (secondary N) is 2. The molecular formula is C20H20N2O6. The van der Waals surface area contributed by atoms with Gasteiger partial charge in [-0.05, 0) is 55.5 Å². The normalized spacial score (nSPS) is 11.1. The summed E-state index contributed by atoms with van der Waals surface area (Å²) in [4.78, 5) is 45.5. The number of hydrogen-bond acceptors (Lipinski definition) is 6. The number of esters is 1. The van der Waals surface area contributed by atoms with E-state index in [1.807, 2.05) is 0 Å². The molecule has 0 bridgehead atoms. The molecule has 0 aliphatic carbocycles. The van der Waals surface area contributed by atoms with E-state index in [0.717, 1.165) is 0 Å². The first-order valence-corrected chi connectivity index (χ1v) is 8.43. The van der Waals surface area contributed by atoms with Crippen molar-refractivity contribution >= 4 is 35.4 Å². The summed E-state index contributed by atoms with van der Waals surface area (Å²) in [5, 5.41) is 5.23. The maximum absolute atomic E-state index is 12.1. The standard InChI is InChI=1S/C20H20N2O6/c1-13(20(26)22-17-7-5-16(6-8-17)21-14(2)24)28-19(25)12-27-18-9-3-15(11-23)4-10-18/h3-11,13H,12H2,1-2H3,(H,21,24)(H,22,26)/t13-/m0/s1. The third-order valence-electron chi connectivity index (χ3n) is 3.52. The molecule has 28 heavy (non-hydrogen) atoms. The van der Waals surface area contributed by atoms with E-state index in [-0.39, 0.29) is 12.5 Å². The third kappa shape index (κ3) is 6.56. The van der Waals surface area contributed by atoms with Gasteiger partial charge < -0.3 is 20.1 Å². The van der Waals surface area contributed by atoms with Gasteiger partial charge in [-0.25, -0.2) is 4.79 Å². The zero-order valence-corrected chi connectivity index (χ0v) is 15.4. The highest BCUT2D eigenvalue weighted by molar-refractivity contribution is 5.95. The predicted molar refractivity (Wildman–Crippen MR) is 102 cm³/mol. The van der Waals surface area contributed by atoms with Crippen LogP contribution in [0.5, 0.6) is 5.75 Å². The van der Waals surface area contributed by atoms with Crippen LogP contribution in [-0.4, -0.2) is 36.8 Å². The van der Waals surface area contributed by atoms with Gasteiger partial charge in [0.25, 0.3) is 5.91 Å². The maximum Gasteiger partial charge on any atom is 0.344 e. The Hall–Kier alpha value is -3.68. The Kier molecular flexibility index (Phi) is 7.27. The molecule has 0 saturated carbocycles. The van der Waals surface area contributed by atoms with Gasteiger partial charge >= 0.3 is 5.97 Å².